The summed E-state index contributed by atoms with van der Waals surface area (Å²) in [6.07, 6.45) is 0.870. The van der Waals surface area contributed by atoms with Gasteiger partial charge in [-0.1, -0.05) is 25.0 Å². The number of amides is 2. The van der Waals surface area contributed by atoms with Crippen LogP contribution in [0, 0.1) is 28.6 Å². The van der Waals surface area contributed by atoms with Gasteiger partial charge in [-0.15, -0.1) is 0 Å². The lowest BCUT2D eigenvalue weighted by atomic mass is 9.66. The molecule has 1 heterocycles. The van der Waals surface area contributed by atoms with E-state index in [1.807, 2.05) is 0 Å². The standard InChI is InChI=1S/C15H22N2O2/c1-7-8(2)15(4)9(5-6-16)14(7,3)10-11(15)13(19)17-12(10)18/h9-11H,5-6,16H2,1-4H3,(H,17,18,19). The molecule has 104 valence electrons. The Bertz CT molecular complexity index is 482. The van der Waals surface area contributed by atoms with Crippen molar-refractivity contribution in [3.05, 3.63) is 11.1 Å². The van der Waals surface area contributed by atoms with Crippen molar-refractivity contribution in [3.63, 3.8) is 0 Å². The summed E-state index contributed by atoms with van der Waals surface area (Å²) >= 11 is 0. The molecule has 2 aliphatic carbocycles. The Morgan fingerprint density at radius 2 is 1.47 bits per heavy atom. The first kappa shape index (κ1) is 12.9. The minimum atomic E-state index is -0.209. The number of fused-ring (bicyclic) bond motifs is 5. The number of imide groups is 1. The van der Waals surface area contributed by atoms with Crippen molar-refractivity contribution in [1.29, 1.82) is 0 Å². The Morgan fingerprint density at radius 1 is 1.05 bits per heavy atom. The zero-order valence-corrected chi connectivity index (χ0v) is 12.0. The molecule has 0 aromatic carbocycles. The molecule has 4 unspecified atom stereocenters. The Morgan fingerprint density at radius 3 is 1.84 bits per heavy atom. The van der Waals surface area contributed by atoms with Crippen LogP contribution in [0.1, 0.15) is 34.1 Å². The van der Waals surface area contributed by atoms with Gasteiger partial charge in [-0.2, -0.15) is 0 Å². The second kappa shape index (κ2) is 3.48. The first-order valence-corrected chi connectivity index (χ1v) is 7.04. The molecule has 0 radical (unpaired) electrons. The predicted molar refractivity (Wildman–Crippen MR) is 71.9 cm³/mol. The van der Waals surface area contributed by atoms with Gasteiger partial charge in [-0.3, -0.25) is 14.9 Å². The Balaban J connectivity index is 2.23. The van der Waals surface area contributed by atoms with E-state index in [2.05, 4.69) is 33.0 Å². The highest BCUT2D eigenvalue weighted by Crippen LogP contribution is 2.74. The number of carbonyl (C=O) groups is 2. The van der Waals surface area contributed by atoms with Crippen molar-refractivity contribution < 1.29 is 9.59 Å². The molecule has 0 spiro atoms. The largest absolute Gasteiger partial charge is 0.330 e. The molecule has 4 atom stereocenters. The monoisotopic (exact) mass is 262 g/mol. The van der Waals surface area contributed by atoms with E-state index in [9.17, 15) is 9.59 Å². The highest BCUT2D eigenvalue weighted by molar-refractivity contribution is 6.07. The first-order valence-electron chi connectivity index (χ1n) is 7.04. The number of rotatable bonds is 2. The minimum Gasteiger partial charge on any atom is -0.330 e. The van der Waals surface area contributed by atoms with Crippen molar-refractivity contribution in [2.45, 2.75) is 34.1 Å². The van der Waals surface area contributed by atoms with Crippen LogP contribution in [0.4, 0.5) is 0 Å². The number of carbonyl (C=O) groups excluding carboxylic acids is 2. The third-order valence-corrected chi connectivity index (χ3v) is 6.52. The predicted octanol–water partition coefficient (Wildman–Crippen LogP) is 1.22. The van der Waals surface area contributed by atoms with Crippen molar-refractivity contribution in [1.82, 2.24) is 5.32 Å². The molecule has 2 amide bonds. The van der Waals surface area contributed by atoms with E-state index < -0.39 is 0 Å². The second-order valence-corrected chi connectivity index (χ2v) is 6.75. The molecule has 3 N–H and O–H groups in total. The quantitative estimate of drug-likeness (QED) is 0.580. The fraction of sp³-hybridized carbons (Fsp3) is 0.733. The van der Waals surface area contributed by atoms with Crippen molar-refractivity contribution in [2.24, 2.45) is 34.3 Å². The van der Waals surface area contributed by atoms with E-state index in [-0.39, 0.29) is 34.5 Å². The van der Waals surface area contributed by atoms with E-state index in [0.717, 1.165) is 6.42 Å². The van der Waals surface area contributed by atoms with Crippen molar-refractivity contribution >= 4 is 11.8 Å². The summed E-state index contributed by atoms with van der Waals surface area (Å²) in [6, 6.07) is 0. The van der Waals surface area contributed by atoms with E-state index in [1.54, 1.807) is 0 Å². The summed E-state index contributed by atoms with van der Waals surface area (Å²) in [5.41, 5.74) is 7.95. The molecular formula is C15H22N2O2. The van der Waals surface area contributed by atoms with Crippen LogP contribution in [0.3, 0.4) is 0 Å². The molecule has 0 aromatic rings. The van der Waals surface area contributed by atoms with Gasteiger partial charge in [-0.25, -0.2) is 0 Å². The van der Waals surface area contributed by atoms with Gasteiger partial charge < -0.3 is 5.73 Å². The SMILES string of the molecule is CC1=C(C)C2(C)C3C(=O)NC(=O)C3C1(C)C2CCN. The Labute approximate surface area is 113 Å². The number of allylic oxidation sites excluding steroid dienone is 2. The second-order valence-electron chi connectivity index (χ2n) is 6.75. The molecular weight excluding hydrogens is 240 g/mol. The summed E-state index contributed by atoms with van der Waals surface area (Å²) in [7, 11) is 0. The fourth-order valence-corrected chi connectivity index (χ4v) is 5.44. The molecule has 3 aliphatic rings. The third-order valence-electron chi connectivity index (χ3n) is 6.52. The van der Waals surface area contributed by atoms with Crippen LogP contribution in [0.25, 0.3) is 0 Å². The van der Waals surface area contributed by atoms with Gasteiger partial charge in [0.25, 0.3) is 0 Å². The summed E-state index contributed by atoms with van der Waals surface area (Å²) in [5, 5.41) is 2.54. The summed E-state index contributed by atoms with van der Waals surface area (Å²) in [6.45, 7) is 9.15. The third kappa shape index (κ3) is 1.11. The smallest absolute Gasteiger partial charge is 0.231 e. The van der Waals surface area contributed by atoms with Crippen molar-refractivity contribution in [3.8, 4) is 0 Å². The number of nitrogens with two attached hydrogens (primary N) is 1. The maximum Gasteiger partial charge on any atom is 0.231 e. The van der Waals surface area contributed by atoms with Gasteiger partial charge in [0.05, 0.1) is 11.8 Å². The van der Waals surface area contributed by atoms with Crippen LogP contribution in [0.5, 0.6) is 0 Å². The van der Waals surface area contributed by atoms with Crippen molar-refractivity contribution in [2.75, 3.05) is 6.54 Å². The maximum absolute atomic E-state index is 12.2. The highest BCUT2D eigenvalue weighted by atomic mass is 16.2. The highest BCUT2D eigenvalue weighted by Gasteiger charge is 2.74. The van der Waals surface area contributed by atoms with E-state index in [0.29, 0.717) is 12.5 Å². The van der Waals surface area contributed by atoms with Gasteiger partial charge >= 0.3 is 0 Å². The average molecular weight is 262 g/mol. The zero-order chi connectivity index (χ0) is 14.2. The molecule has 1 saturated carbocycles. The maximum atomic E-state index is 12.2. The molecule has 2 bridgehead atoms. The van der Waals surface area contributed by atoms with E-state index in [1.165, 1.54) is 11.1 Å². The van der Waals surface area contributed by atoms with Crippen LogP contribution in [0.15, 0.2) is 11.1 Å². The average Bonchev–Trinajstić information content (AvgIpc) is 2.81. The topological polar surface area (TPSA) is 72.2 Å². The number of hydrogen-bond donors (Lipinski definition) is 2. The van der Waals surface area contributed by atoms with Crippen LogP contribution in [0.2, 0.25) is 0 Å². The number of hydrogen-bond acceptors (Lipinski definition) is 3. The lowest BCUT2D eigenvalue weighted by molar-refractivity contribution is -0.128. The molecule has 4 nitrogen and oxygen atoms in total. The van der Waals surface area contributed by atoms with E-state index >= 15 is 0 Å². The van der Waals surface area contributed by atoms with Gasteiger partial charge in [-0.05, 0) is 32.7 Å². The zero-order valence-electron chi connectivity index (χ0n) is 12.0. The molecule has 3 rings (SSSR count). The summed E-state index contributed by atoms with van der Waals surface area (Å²) in [4.78, 5) is 24.4. The molecule has 19 heavy (non-hydrogen) atoms. The van der Waals surface area contributed by atoms with Gasteiger partial charge in [0.1, 0.15) is 0 Å². The van der Waals surface area contributed by atoms with Gasteiger partial charge in [0, 0.05) is 10.8 Å². The van der Waals surface area contributed by atoms with Crippen LogP contribution in [-0.4, -0.2) is 18.4 Å². The first-order chi connectivity index (χ1) is 8.81. The Kier molecular flexibility index (Phi) is 2.35. The van der Waals surface area contributed by atoms with E-state index in [4.69, 9.17) is 5.73 Å². The summed E-state index contributed by atoms with van der Waals surface area (Å²) < 4.78 is 0. The molecule has 2 fully saturated rings. The minimum absolute atomic E-state index is 0.0879. The van der Waals surface area contributed by atoms with Gasteiger partial charge in [0.15, 0.2) is 0 Å². The van der Waals surface area contributed by atoms with Gasteiger partial charge in [0.2, 0.25) is 11.8 Å². The van der Waals surface area contributed by atoms with Crippen LogP contribution >= 0.6 is 0 Å². The summed E-state index contributed by atoms with van der Waals surface area (Å²) in [5.74, 6) is -0.282. The number of nitrogens with one attached hydrogen (secondary N) is 1. The molecule has 1 saturated heterocycles. The van der Waals surface area contributed by atoms with Crippen LogP contribution < -0.4 is 11.1 Å². The molecule has 0 aromatic heterocycles. The normalized spacial score (nSPS) is 47.9. The lowest BCUT2D eigenvalue weighted by Gasteiger charge is -2.34. The fourth-order valence-electron chi connectivity index (χ4n) is 5.44. The Hall–Kier alpha value is -1.16. The lowest BCUT2D eigenvalue weighted by Crippen LogP contribution is -2.37. The van der Waals surface area contributed by atoms with Crippen LogP contribution in [-0.2, 0) is 9.59 Å². The molecule has 4 heteroatoms. The molecule has 1 aliphatic heterocycles.